The summed E-state index contributed by atoms with van der Waals surface area (Å²) >= 11 is 0. The monoisotopic (exact) mass is 369 g/mol. The number of hydrogen-bond donors (Lipinski definition) is 1. The third-order valence-corrected chi connectivity index (χ3v) is 3.83. The van der Waals surface area contributed by atoms with Crippen molar-refractivity contribution in [2.75, 3.05) is 11.9 Å². The van der Waals surface area contributed by atoms with E-state index in [1.807, 2.05) is 31.2 Å². The first-order chi connectivity index (χ1) is 12.8. The van der Waals surface area contributed by atoms with Gasteiger partial charge >= 0.3 is 5.97 Å². The molecule has 1 N–H and O–H groups in total. The molecule has 0 spiro atoms. The molecule has 27 heavy (non-hydrogen) atoms. The van der Waals surface area contributed by atoms with Crippen LogP contribution in [0.3, 0.4) is 0 Å². The van der Waals surface area contributed by atoms with Crippen molar-refractivity contribution >= 4 is 23.3 Å². The lowest BCUT2D eigenvalue weighted by Gasteiger charge is -2.14. The SMILES string of the molecule is CC(=O)c1ccc(NC(=O)[C@H](C)OC(=O)CCOc2ccc(C)cc2)cc1. The van der Waals surface area contributed by atoms with Crippen LogP contribution in [0, 0.1) is 6.92 Å². The molecule has 0 unspecified atom stereocenters. The third-order valence-electron chi connectivity index (χ3n) is 3.83. The lowest BCUT2D eigenvalue weighted by Crippen LogP contribution is -2.30. The average Bonchev–Trinajstić information content (AvgIpc) is 2.63. The van der Waals surface area contributed by atoms with Gasteiger partial charge in [-0.3, -0.25) is 14.4 Å². The van der Waals surface area contributed by atoms with Gasteiger partial charge < -0.3 is 14.8 Å². The van der Waals surface area contributed by atoms with Crippen molar-refractivity contribution in [3.05, 3.63) is 59.7 Å². The number of amides is 1. The quantitative estimate of drug-likeness (QED) is 0.568. The van der Waals surface area contributed by atoms with E-state index in [2.05, 4.69) is 5.32 Å². The molecule has 0 saturated carbocycles. The summed E-state index contributed by atoms with van der Waals surface area (Å²) < 4.78 is 10.6. The number of hydrogen-bond acceptors (Lipinski definition) is 5. The molecule has 1 amide bonds. The van der Waals surface area contributed by atoms with Crippen LogP contribution in [0.15, 0.2) is 48.5 Å². The number of benzene rings is 2. The van der Waals surface area contributed by atoms with E-state index in [4.69, 9.17) is 9.47 Å². The molecule has 0 aliphatic rings. The molecule has 0 saturated heterocycles. The number of ether oxygens (including phenoxy) is 2. The van der Waals surface area contributed by atoms with Gasteiger partial charge in [-0.15, -0.1) is 0 Å². The van der Waals surface area contributed by atoms with Gasteiger partial charge in [0, 0.05) is 11.3 Å². The maximum absolute atomic E-state index is 12.1. The second-order valence-corrected chi connectivity index (χ2v) is 6.17. The summed E-state index contributed by atoms with van der Waals surface area (Å²) in [5, 5.41) is 2.64. The molecule has 0 aliphatic heterocycles. The predicted octanol–water partition coefficient (Wildman–Crippen LogP) is 3.54. The van der Waals surface area contributed by atoms with Crippen molar-refractivity contribution in [1.29, 1.82) is 0 Å². The fourth-order valence-corrected chi connectivity index (χ4v) is 2.23. The minimum Gasteiger partial charge on any atom is -0.493 e. The van der Waals surface area contributed by atoms with Gasteiger partial charge in [-0.1, -0.05) is 17.7 Å². The Bertz CT molecular complexity index is 796. The number of Topliss-reactive ketones (excluding diaryl/α,β-unsaturated/α-hetero) is 1. The Morgan fingerprint density at radius 3 is 2.22 bits per heavy atom. The minimum atomic E-state index is -0.940. The lowest BCUT2D eigenvalue weighted by molar-refractivity contribution is -0.153. The highest BCUT2D eigenvalue weighted by molar-refractivity contribution is 5.97. The van der Waals surface area contributed by atoms with Crippen LogP contribution in [0.2, 0.25) is 0 Å². The molecule has 0 fully saturated rings. The number of aryl methyl sites for hydroxylation is 1. The van der Waals surface area contributed by atoms with Crippen LogP contribution < -0.4 is 10.1 Å². The Balaban J connectivity index is 1.75. The molecule has 1 atom stereocenters. The highest BCUT2D eigenvalue weighted by Crippen LogP contribution is 2.13. The fourth-order valence-electron chi connectivity index (χ4n) is 2.23. The van der Waals surface area contributed by atoms with Gasteiger partial charge in [-0.2, -0.15) is 0 Å². The molecule has 6 heteroatoms. The van der Waals surface area contributed by atoms with Crippen LogP contribution in [0.5, 0.6) is 5.75 Å². The van der Waals surface area contributed by atoms with Gasteiger partial charge in [-0.05, 0) is 57.2 Å². The van der Waals surface area contributed by atoms with E-state index in [1.165, 1.54) is 13.8 Å². The molecular weight excluding hydrogens is 346 g/mol. The minimum absolute atomic E-state index is 0.0405. The number of carbonyl (C=O) groups excluding carboxylic acids is 3. The zero-order valence-corrected chi connectivity index (χ0v) is 15.7. The van der Waals surface area contributed by atoms with Crippen LogP contribution in [0.1, 0.15) is 36.2 Å². The summed E-state index contributed by atoms with van der Waals surface area (Å²) in [7, 11) is 0. The molecule has 2 rings (SSSR count). The Hall–Kier alpha value is -3.15. The smallest absolute Gasteiger partial charge is 0.310 e. The molecule has 0 heterocycles. The van der Waals surface area contributed by atoms with E-state index in [0.717, 1.165) is 5.56 Å². The van der Waals surface area contributed by atoms with Crippen molar-refractivity contribution in [3.8, 4) is 5.75 Å². The zero-order chi connectivity index (χ0) is 19.8. The zero-order valence-electron chi connectivity index (χ0n) is 15.7. The van der Waals surface area contributed by atoms with Crippen LogP contribution in [0.25, 0.3) is 0 Å². The maximum atomic E-state index is 12.1. The van der Waals surface area contributed by atoms with Gasteiger partial charge in [0.1, 0.15) is 5.75 Å². The van der Waals surface area contributed by atoms with Crippen LogP contribution >= 0.6 is 0 Å². The van der Waals surface area contributed by atoms with Gasteiger partial charge in [-0.25, -0.2) is 0 Å². The molecular formula is C21H23NO5. The second-order valence-electron chi connectivity index (χ2n) is 6.17. The van der Waals surface area contributed by atoms with E-state index in [9.17, 15) is 14.4 Å². The lowest BCUT2D eigenvalue weighted by atomic mass is 10.1. The van der Waals surface area contributed by atoms with Gasteiger partial charge in [0.15, 0.2) is 11.9 Å². The molecule has 0 radical (unpaired) electrons. The summed E-state index contributed by atoms with van der Waals surface area (Å²) in [6, 6.07) is 14.0. The Kier molecular flexibility index (Phi) is 7.11. The predicted molar refractivity (Wildman–Crippen MR) is 102 cm³/mol. The first-order valence-corrected chi connectivity index (χ1v) is 8.66. The van der Waals surface area contributed by atoms with Crippen LogP contribution in [-0.2, 0) is 14.3 Å². The Labute approximate surface area is 158 Å². The number of anilines is 1. The van der Waals surface area contributed by atoms with E-state index >= 15 is 0 Å². The topological polar surface area (TPSA) is 81.7 Å². The second kappa shape index (κ2) is 9.52. The summed E-state index contributed by atoms with van der Waals surface area (Å²) in [4.78, 5) is 35.2. The number of carbonyl (C=O) groups is 3. The molecule has 0 aromatic heterocycles. The molecule has 6 nitrogen and oxygen atoms in total. The highest BCUT2D eigenvalue weighted by Gasteiger charge is 2.18. The number of esters is 1. The van der Waals surface area contributed by atoms with Crippen LogP contribution in [0.4, 0.5) is 5.69 Å². The summed E-state index contributed by atoms with van der Waals surface area (Å²) in [5.41, 5.74) is 2.20. The Morgan fingerprint density at radius 1 is 1.00 bits per heavy atom. The van der Waals surface area contributed by atoms with E-state index in [-0.39, 0.29) is 18.8 Å². The van der Waals surface area contributed by atoms with Crippen LogP contribution in [-0.4, -0.2) is 30.4 Å². The van der Waals surface area contributed by atoms with Crippen molar-refractivity contribution in [3.63, 3.8) is 0 Å². The standard InChI is InChI=1S/C21H23NO5/c1-14-4-10-19(11-5-14)26-13-12-20(24)27-16(3)21(25)22-18-8-6-17(7-9-18)15(2)23/h4-11,16H,12-13H2,1-3H3,(H,22,25)/t16-/m0/s1. The van der Waals surface area contributed by atoms with Crippen molar-refractivity contribution in [1.82, 2.24) is 0 Å². The first-order valence-electron chi connectivity index (χ1n) is 8.66. The van der Waals surface area contributed by atoms with Crippen molar-refractivity contribution in [2.24, 2.45) is 0 Å². The fraction of sp³-hybridized carbons (Fsp3) is 0.286. The third kappa shape index (κ3) is 6.58. The van der Waals surface area contributed by atoms with E-state index in [1.54, 1.807) is 24.3 Å². The number of nitrogens with one attached hydrogen (secondary N) is 1. The number of rotatable bonds is 8. The Morgan fingerprint density at radius 2 is 1.63 bits per heavy atom. The maximum Gasteiger partial charge on any atom is 0.310 e. The van der Waals surface area contributed by atoms with Gasteiger partial charge in [0.05, 0.1) is 13.0 Å². The van der Waals surface area contributed by atoms with Crippen molar-refractivity contribution in [2.45, 2.75) is 33.3 Å². The molecule has 2 aromatic carbocycles. The normalized spacial score (nSPS) is 11.4. The summed E-state index contributed by atoms with van der Waals surface area (Å²) in [5.74, 6) is -0.341. The summed E-state index contributed by atoms with van der Waals surface area (Å²) in [6.45, 7) is 5.11. The largest absolute Gasteiger partial charge is 0.493 e. The highest BCUT2D eigenvalue weighted by atomic mass is 16.5. The molecule has 2 aromatic rings. The van der Waals surface area contributed by atoms with Crippen molar-refractivity contribution < 1.29 is 23.9 Å². The first kappa shape index (κ1) is 20.2. The molecule has 142 valence electrons. The van der Waals surface area contributed by atoms with E-state index in [0.29, 0.717) is 17.0 Å². The molecule has 0 bridgehead atoms. The number of ketones is 1. The summed E-state index contributed by atoms with van der Waals surface area (Å²) in [6.07, 6.45) is -0.900. The average molecular weight is 369 g/mol. The van der Waals surface area contributed by atoms with Gasteiger partial charge in [0.2, 0.25) is 0 Å². The van der Waals surface area contributed by atoms with E-state index < -0.39 is 18.0 Å². The van der Waals surface area contributed by atoms with Gasteiger partial charge in [0.25, 0.3) is 5.91 Å². The molecule has 0 aliphatic carbocycles.